The molecule has 1 aliphatic carbocycles. The first-order valence-corrected chi connectivity index (χ1v) is 11.1. The average Bonchev–Trinajstić information content (AvgIpc) is 2.73. The number of hydrogen-bond donors (Lipinski definition) is 0. The predicted octanol–water partition coefficient (Wildman–Crippen LogP) is 5.84. The first kappa shape index (κ1) is 20.1. The van der Waals surface area contributed by atoms with Crippen LogP contribution in [0.4, 0.5) is 10.1 Å². The van der Waals surface area contributed by atoms with Crippen LogP contribution in [0.3, 0.4) is 0 Å². The molecule has 2 aromatic heterocycles. The van der Waals surface area contributed by atoms with Gasteiger partial charge in [0.25, 0.3) is 0 Å². The van der Waals surface area contributed by atoms with Crippen LogP contribution in [0.1, 0.15) is 62.9 Å². The molecular weight excluding hydrogens is 361 g/mol. The summed E-state index contributed by atoms with van der Waals surface area (Å²) in [5, 5.41) is 0. The zero-order chi connectivity index (χ0) is 20.2. The molecule has 0 amide bonds. The van der Waals surface area contributed by atoms with E-state index in [1.165, 1.54) is 24.1 Å². The molecule has 2 atom stereocenters. The first-order valence-electron chi connectivity index (χ1n) is 11.1. The van der Waals surface area contributed by atoms with Gasteiger partial charge < -0.3 is 4.90 Å². The van der Waals surface area contributed by atoms with E-state index in [0.29, 0.717) is 17.5 Å². The Morgan fingerprint density at radius 2 is 1.90 bits per heavy atom. The summed E-state index contributed by atoms with van der Waals surface area (Å²) in [7, 11) is 0. The lowest BCUT2D eigenvalue weighted by atomic mass is 9.91. The van der Waals surface area contributed by atoms with Gasteiger partial charge in [-0.2, -0.15) is 0 Å². The number of pyridine rings is 2. The first-order chi connectivity index (χ1) is 14.1. The molecule has 0 unspecified atom stereocenters. The molecule has 0 bridgehead atoms. The second kappa shape index (κ2) is 9.06. The van der Waals surface area contributed by atoms with Crippen molar-refractivity contribution < 1.29 is 4.39 Å². The minimum atomic E-state index is -0.194. The van der Waals surface area contributed by atoms with Crippen LogP contribution < -0.4 is 4.90 Å². The zero-order valence-corrected chi connectivity index (χ0v) is 17.7. The van der Waals surface area contributed by atoms with Crippen LogP contribution >= 0.6 is 0 Å². The van der Waals surface area contributed by atoms with Crippen LogP contribution in [0.15, 0.2) is 36.7 Å². The molecule has 0 aromatic carbocycles. The van der Waals surface area contributed by atoms with Gasteiger partial charge in [0.15, 0.2) is 0 Å². The summed E-state index contributed by atoms with van der Waals surface area (Å²) in [5.41, 5.74) is 5.17. The van der Waals surface area contributed by atoms with Gasteiger partial charge in [-0.3, -0.25) is 9.97 Å². The van der Waals surface area contributed by atoms with Gasteiger partial charge in [-0.25, -0.2) is 4.39 Å². The van der Waals surface area contributed by atoms with E-state index in [-0.39, 0.29) is 5.82 Å². The van der Waals surface area contributed by atoms with Crippen LogP contribution in [0, 0.1) is 17.7 Å². The third kappa shape index (κ3) is 4.85. The number of rotatable bonds is 5. The SMILES string of the molecule is C[C@@H]1C[C@H](C)CN(c2ccncc2CCc2ccc(F)c(C3=CCCCC3)n2)C1. The number of anilines is 1. The Morgan fingerprint density at radius 3 is 2.66 bits per heavy atom. The molecule has 0 radical (unpaired) electrons. The smallest absolute Gasteiger partial charge is 0.149 e. The molecule has 154 valence electrons. The molecule has 0 N–H and O–H groups in total. The molecule has 0 spiro atoms. The molecule has 29 heavy (non-hydrogen) atoms. The summed E-state index contributed by atoms with van der Waals surface area (Å²) in [5.74, 6) is 1.23. The lowest BCUT2D eigenvalue weighted by Crippen LogP contribution is -2.39. The fourth-order valence-electron chi connectivity index (χ4n) is 4.94. The Labute approximate surface area is 174 Å². The largest absolute Gasteiger partial charge is 0.371 e. The van der Waals surface area contributed by atoms with Crippen molar-refractivity contribution in [1.29, 1.82) is 0 Å². The number of aromatic nitrogens is 2. The monoisotopic (exact) mass is 393 g/mol. The minimum Gasteiger partial charge on any atom is -0.371 e. The molecule has 0 saturated carbocycles. The van der Waals surface area contributed by atoms with E-state index in [0.717, 1.165) is 56.5 Å². The fraction of sp³-hybridized carbons (Fsp3) is 0.520. The summed E-state index contributed by atoms with van der Waals surface area (Å²) in [6, 6.07) is 5.57. The predicted molar refractivity (Wildman–Crippen MR) is 117 cm³/mol. The highest BCUT2D eigenvalue weighted by molar-refractivity contribution is 5.63. The summed E-state index contributed by atoms with van der Waals surface area (Å²) >= 11 is 0. The quantitative estimate of drug-likeness (QED) is 0.639. The van der Waals surface area contributed by atoms with Crippen molar-refractivity contribution in [3.05, 3.63) is 59.4 Å². The Balaban J connectivity index is 1.51. The van der Waals surface area contributed by atoms with Crippen molar-refractivity contribution >= 4 is 11.3 Å². The molecule has 3 heterocycles. The molecule has 1 fully saturated rings. The third-order valence-electron chi connectivity index (χ3n) is 6.24. The van der Waals surface area contributed by atoms with Gasteiger partial charge in [-0.05, 0) is 86.1 Å². The van der Waals surface area contributed by atoms with Crippen LogP contribution in [0.25, 0.3) is 5.57 Å². The summed E-state index contributed by atoms with van der Waals surface area (Å²) in [4.78, 5) is 11.6. The molecular formula is C25H32FN3. The zero-order valence-electron chi connectivity index (χ0n) is 17.7. The number of hydrogen-bond acceptors (Lipinski definition) is 3. The Bertz CT molecular complexity index is 866. The van der Waals surface area contributed by atoms with Crippen molar-refractivity contribution in [1.82, 2.24) is 9.97 Å². The maximum absolute atomic E-state index is 14.4. The molecule has 1 aliphatic heterocycles. The highest BCUT2D eigenvalue weighted by Crippen LogP contribution is 2.30. The van der Waals surface area contributed by atoms with E-state index < -0.39 is 0 Å². The molecule has 4 heteroatoms. The van der Waals surface area contributed by atoms with E-state index in [1.54, 1.807) is 6.07 Å². The second-order valence-corrected chi connectivity index (χ2v) is 8.96. The van der Waals surface area contributed by atoms with E-state index in [9.17, 15) is 4.39 Å². The van der Waals surface area contributed by atoms with Crippen LogP contribution in [0.5, 0.6) is 0 Å². The van der Waals surface area contributed by atoms with Crippen molar-refractivity contribution in [2.75, 3.05) is 18.0 Å². The highest BCUT2D eigenvalue weighted by Gasteiger charge is 2.23. The van der Waals surface area contributed by atoms with Gasteiger partial charge in [-0.1, -0.05) is 19.9 Å². The second-order valence-electron chi connectivity index (χ2n) is 8.96. The summed E-state index contributed by atoms with van der Waals surface area (Å²) < 4.78 is 14.4. The van der Waals surface area contributed by atoms with Gasteiger partial charge >= 0.3 is 0 Å². The van der Waals surface area contributed by atoms with Crippen molar-refractivity contribution in [3.63, 3.8) is 0 Å². The minimum absolute atomic E-state index is 0.194. The average molecular weight is 394 g/mol. The molecule has 4 rings (SSSR count). The number of piperidine rings is 1. The lowest BCUT2D eigenvalue weighted by molar-refractivity contribution is 0.356. The van der Waals surface area contributed by atoms with E-state index >= 15 is 0 Å². The topological polar surface area (TPSA) is 29.0 Å². The Hall–Kier alpha value is -2.23. The maximum atomic E-state index is 14.4. The van der Waals surface area contributed by atoms with Gasteiger partial charge in [0.2, 0.25) is 0 Å². The number of allylic oxidation sites excluding steroid dienone is 2. The molecule has 2 aromatic rings. The summed E-state index contributed by atoms with van der Waals surface area (Å²) in [6.45, 7) is 6.89. The lowest BCUT2D eigenvalue weighted by Gasteiger charge is -2.37. The Kier molecular flexibility index (Phi) is 6.27. The fourth-order valence-corrected chi connectivity index (χ4v) is 4.94. The van der Waals surface area contributed by atoms with E-state index in [2.05, 4.69) is 35.9 Å². The number of halogens is 1. The normalized spacial score (nSPS) is 22.4. The number of nitrogens with zero attached hydrogens (tertiary/aromatic N) is 3. The van der Waals surface area contributed by atoms with Crippen LogP contribution in [-0.4, -0.2) is 23.1 Å². The van der Waals surface area contributed by atoms with Crippen molar-refractivity contribution in [3.8, 4) is 0 Å². The Morgan fingerprint density at radius 1 is 1.07 bits per heavy atom. The van der Waals surface area contributed by atoms with Crippen molar-refractivity contribution in [2.45, 2.75) is 58.8 Å². The number of aryl methyl sites for hydroxylation is 2. The van der Waals surface area contributed by atoms with E-state index in [4.69, 9.17) is 4.98 Å². The standard InChI is InChI=1S/C25H32FN3/c1-18-14-19(2)17-29(16-18)24-12-13-27-15-21(24)8-9-22-10-11-23(26)25(28-22)20-6-4-3-5-7-20/h6,10-13,15,18-19H,3-5,7-9,14,16-17H2,1-2H3/t18-,19+. The third-order valence-corrected chi connectivity index (χ3v) is 6.24. The maximum Gasteiger partial charge on any atom is 0.149 e. The highest BCUT2D eigenvalue weighted by atomic mass is 19.1. The van der Waals surface area contributed by atoms with Crippen LogP contribution in [0.2, 0.25) is 0 Å². The van der Waals surface area contributed by atoms with Gasteiger partial charge in [0.1, 0.15) is 11.5 Å². The van der Waals surface area contributed by atoms with E-state index in [1.807, 2.05) is 18.5 Å². The molecule has 3 nitrogen and oxygen atoms in total. The van der Waals surface area contributed by atoms with Crippen LogP contribution in [-0.2, 0) is 12.8 Å². The van der Waals surface area contributed by atoms with Gasteiger partial charge in [0, 0.05) is 36.9 Å². The molecule has 1 saturated heterocycles. The van der Waals surface area contributed by atoms with Gasteiger partial charge in [0.05, 0.1) is 0 Å². The van der Waals surface area contributed by atoms with Gasteiger partial charge in [-0.15, -0.1) is 0 Å². The summed E-state index contributed by atoms with van der Waals surface area (Å²) in [6.07, 6.45) is 13.3. The van der Waals surface area contributed by atoms with Crippen molar-refractivity contribution in [2.24, 2.45) is 11.8 Å². The molecule has 2 aliphatic rings.